The van der Waals surface area contributed by atoms with Crippen LogP contribution in [-0.4, -0.2) is 36.5 Å². The number of rotatable bonds is 3. The van der Waals surface area contributed by atoms with Gasteiger partial charge in [-0.25, -0.2) is 8.42 Å². The number of hydrogen-bond donors (Lipinski definition) is 1. The predicted molar refractivity (Wildman–Crippen MR) is 78.4 cm³/mol. The average molecular weight is 324 g/mol. The topological polar surface area (TPSA) is 89.4 Å². The Morgan fingerprint density at radius 2 is 2.05 bits per heavy atom. The molecule has 2 heterocycles. The molecule has 6 nitrogen and oxygen atoms in total. The molecule has 0 saturated carbocycles. The van der Waals surface area contributed by atoms with Gasteiger partial charge in [0.25, 0.3) is 0 Å². The Morgan fingerprint density at radius 1 is 1.40 bits per heavy atom. The van der Waals surface area contributed by atoms with Crippen molar-refractivity contribution in [3.8, 4) is 0 Å². The third kappa shape index (κ3) is 3.00. The van der Waals surface area contributed by atoms with Crippen LogP contribution in [0.4, 0.5) is 0 Å². The predicted octanol–water partition coefficient (Wildman–Crippen LogP) is 1.60. The lowest BCUT2D eigenvalue weighted by molar-refractivity contribution is 0.227. The third-order valence-corrected chi connectivity index (χ3v) is 5.81. The van der Waals surface area contributed by atoms with E-state index in [2.05, 4.69) is 5.16 Å². The summed E-state index contributed by atoms with van der Waals surface area (Å²) in [5, 5.41) is 3.74. The average Bonchev–Trinajstić information content (AvgIpc) is 2.69. The van der Waals surface area contributed by atoms with Gasteiger partial charge in [-0.05, 0) is 33.6 Å². The molecule has 116 valence electrons. The molecule has 1 aromatic rings. The molecule has 0 bridgehead atoms. The van der Waals surface area contributed by atoms with Crippen molar-refractivity contribution in [3.63, 3.8) is 0 Å². The van der Waals surface area contributed by atoms with Crippen molar-refractivity contribution >= 4 is 22.4 Å². The van der Waals surface area contributed by atoms with Gasteiger partial charge in [-0.3, -0.25) is 0 Å². The van der Waals surface area contributed by atoms with Crippen molar-refractivity contribution in [2.75, 3.05) is 6.54 Å². The Kier molecular flexibility index (Phi) is 5.60. The monoisotopic (exact) mass is 323 g/mol. The normalized spacial score (nSPS) is 22.3. The van der Waals surface area contributed by atoms with Crippen LogP contribution in [0.1, 0.15) is 37.6 Å². The maximum atomic E-state index is 12.8. The van der Waals surface area contributed by atoms with Crippen molar-refractivity contribution in [1.82, 2.24) is 9.46 Å². The van der Waals surface area contributed by atoms with Crippen LogP contribution < -0.4 is 5.73 Å². The van der Waals surface area contributed by atoms with Gasteiger partial charge in [0.1, 0.15) is 10.6 Å². The third-order valence-electron chi connectivity index (χ3n) is 3.64. The van der Waals surface area contributed by atoms with Crippen molar-refractivity contribution in [3.05, 3.63) is 11.5 Å². The van der Waals surface area contributed by atoms with Crippen molar-refractivity contribution in [1.29, 1.82) is 0 Å². The van der Waals surface area contributed by atoms with Crippen LogP contribution in [0.15, 0.2) is 9.42 Å². The lowest BCUT2D eigenvalue weighted by Gasteiger charge is -2.36. The zero-order chi connectivity index (χ0) is 14.2. The standard InChI is InChI=1S/C12H21N3O3S.ClH/c1-8(13)11-6-4-5-7-15(11)19(16,17)12-9(2)14-18-10(12)3;/h8,11H,4-7,13H2,1-3H3;1H. The molecule has 0 aromatic carbocycles. The summed E-state index contributed by atoms with van der Waals surface area (Å²) in [6, 6.07) is -0.331. The number of nitrogens with zero attached hydrogens (tertiary/aromatic N) is 2. The molecule has 0 radical (unpaired) electrons. The second kappa shape index (κ2) is 6.43. The Balaban J connectivity index is 0.00000200. The lowest BCUT2D eigenvalue weighted by atomic mass is 10.00. The molecule has 2 N–H and O–H groups in total. The van der Waals surface area contributed by atoms with Gasteiger partial charge >= 0.3 is 0 Å². The molecule has 1 aliphatic rings. The summed E-state index contributed by atoms with van der Waals surface area (Å²) in [5.74, 6) is 0.339. The minimum atomic E-state index is -3.58. The van der Waals surface area contributed by atoms with E-state index in [-0.39, 0.29) is 29.4 Å². The van der Waals surface area contributed by atoms with E-state index in [4.69, 9.17) is 10.3 Å². The first kappa shape index (κ1) is 17.4. The van der Waals surface area contributed by atoms with Gasteiger partial charge < -0.3 is 10.3 Å². The SMILES string of the molecule is Cc1noc(C)c1S(=O)(=O)N1CCCCC1C(C)N.Cl. The molecule has 20 heavy (non-hydrogen) atoms. The minimum Gasteiger partial charge on any atom is -0.360 e. The minimum absolute atomic E-state index is 0. The molecule has 1 saturated heterocycles. The van der Waals surface area contributed by atoms with Gasteiger partial charge in [0.05, 0.1) is 0 Å². The van der Waals surface area contributed by atoms with Gasteiger partial charge in [0.2, 0.25) is 10.0 Å². The molecule has 0 aliphatic carbocycles. The van der Waals surface area contributed by atoms with Crippen molar-refractivity contribution in [2.24, 2.45) is 5.73 Å². The summed E-state index contributed by atoms with van der Waals surface area (Å²) in [7, 11) is -3.58. The molecule has 1 fully saturated rings. The van der Waals surface area contributed by atoms with Crippen molar-refractivity contribution in [2.45, 2.75) is 57.0 Å². The van der Waals surface area contributed by atoms with Gasteiger partial charge in [-0.2, -0.15) is 4.31 Å². The highest BCUT2D eigenvalue weighted by molar-refractivity contribution is 7.89. The first-order valence-corrected chi connectivity index (χ1v) is 8.00. The first-order chi connectivity index (χ1) is 8.85. The van der Waals surface area contributed by atoms with E-state index in [1.807, 2.05) is 6.92 Å². The smallest absolute Gasteiger partial charge is 0.248 e. The largest absolute Gasteiger partial charge is 0.360 e. The molecular formula is C12H22ClN3O3S. The van der Waals surface area contributed by atoms with Gasteiger partial charge in [-0.15, -0.1) is 12.4 Å². The highest BCUT2D eigenvalue weighted by atomic mass is 35.5. The maximum Gasteiger partial charge on any atom is 0.248 e. The van der Waals surface area contributed by atoms with Crippen LogP contribution in [0.2, 0.25) is 0 Å². The Morgan fingerprint density at radius 3 is 2.55 bits per heavy atom. The summed E-state index contributed by atoms with van der Waals surface area (Å²) in [6.45, 7) is 5.64. The quantitative estimate of drug-likeness (QED) is 0.912. The molecular weight excluding hydrogens is 302 g/mol. The molecule has 1 aromatic heterocycles. The van der Waals surface area contributed by atoms with E-state index in [0.29, 0.717) is 18.0 Å². The molecule has 2 unspecified atom stereocenters. The van der Waals surface area contributed by atoms with Crippen LogP contribution in [0.5, 0.6) is 0 Å². The molecule has 2 rings (SSSR count). The van der Waals surface area contributed by atoms with Crippen LogP contribution in [0, 0.1) is 13.8 Å². The van der Waals surface area contributed by atoms with Gasteiger partial charge in [0, 0.05) is 18.6 Å². The number of piperidine rings is 1. The second-order valence-corrected chi connectivity index (χ2v) is 7.02. The number of aromatic nitrogens is 1. The number of halogens is 1. The van der Waals surface area contributed by atoms with Crippen LogP contribution >= 0.6 is 12.4 Å². The van der Waals surface area contributed by atoms with Crippen LogP contribution in [-0.2, 0) is 10.0 Å². The summed E-state index contributed by atoms with van der Waals surface area (Å²) >= 11 is 0. The fourth-order valence-electron chi connectivity index (χ4n) is 2.71. The fraction of sp³-hybridized carbons (Fsp3) is 0.750. The van der Waals surface area contributed by atoms with E-state index < -0.39 is 10.0 Å². The maximum absolute atomic E-state index is 12.8. The summed E-state index contributed by atoms with van der Waals surface area (Å²) in [5.41, 5.74) is 6.35. The summed E-state index contributed by atoms with van der Waals surface area (Å²) in [6.07, 6.45) is 2.69. The van der Waals surface area contributed by atoms with E-state index >= 15 is 0 Å². The molecule has 0 amide bonds. The Labute approximate surface area is 126 Å². The van der Waals surface area contributed by atoms with E-state index in [0.717, 1.165) is 19.3 Å². The van der Waals surface area contributed by atoms with Gasteiger partial charge in [-0.1, -0.05) is 11.6 Å². The highest BCUT2D eigenvalue weighted by Crippen LogP contribution is 2.29. The van der Waals surface area contributed by atoms with E-state index in [1.165, 1.54) is 4.31 Å². The molecule has 0 spiro atoms. The van der Waals surface area contributed by atoms with E-state index in [1.54, 1.807) is 13.8 Å². The zero-order valence-corrected chi connectivity index (χ0v) is 13.6. The summed E-state index contributed by atoms with van der Waals surface area (Å²) < 4.78 is 32.1. The second-order valence-electron chi connectivity index (χ2n) is 5.19. The zero-order valence-electron chi connectivity index (χ0n) is 12.0. The Hall–Kier alpha value is -0.630. The fourth-order valence-corrected chi connectivity index (χ4v) is 4.78. The Bertz CT molecular complexity index is 537. The molecule has 2 atom stereocenters. The van der Waals surface area contributed by atoms with E-state index in [9.17, 15) is 8.42 Å². The van der Waals surface area contributed by atoms with Crippen LogP contribution in [0.25, 0.3) is 0 Å². The van der Waals surface area contributed by atoms with Crippen molar-refractivity contribution < 1.29 is 12.9 Å². The molecule has 1 aliphatic heterocycles. The lowest BCUT2D eigenvalue weighted by Crippen LogP contribution is -2.51. The number of hydrogen-bond acceptors (Lipinski definition) is 5. The summed E-state index contributed by atoms with van der Waals surface area (Å²) in [4.78, 5) is 0.194. The van der Waals surface area contributed by atoms with Gasteiger partial charge in [0.15, 0.2) is 5.76 Å². The van der Waals surface area contributed by atoms with Crippen LogP contribution in [0.3, 0.4) is 0 Å². The molecule has 8 heteroatoms. The number of sulfonamides is 1. The highest BCUT2D eigenvalue weighted by Gasteiger charge is 2.38. The number of nitrogens with two attached hydrogens (primary N) is 1. The first-order valence-electron chi connectivity index (χ1n) is 6.56. The number of aryl methyl sites for hydroxylation is 2.